The minimum absolute atomic E-state index is 0.114. The predicted octanol–water partition coefficient (Wildman–Crippen LogP) is 0.663. The van der Waals surface area contributed by atoms with Crippen LogP contribution in [0.2, 0.25) is 0 Å². The van der Waals surface area contributed by atoms with Crippen LogP contribution in [0.3, 0.4) is 0 Å². The van der Waals surface area contributed by atoms with Gasteiger partial charge in [-0.2, -0.15) is 0 Å². The largest absolute Gasteiger partial charge is 0.377 e. The van der Waals surface area contributed by atoms with Crippen LogP contribution < -0.4 is 5.32 Å². The highest BCUT2D eigenvalue weighted by Crippen LogP contribution is 2.16. The summed E-state index contributed by atoms with van der Waals surface area (Å²) >= 11 is 0. The Balaban J connectivity index is 2.03. The van der Waals surface area contributed by atoms with Crippen LogP contribution in [0.4, 0.5) is 0 Å². The molecule has 2 amide bonds. The zero-order valence-corrected chi connectivity index (χ0v) is 13.3. The molecular weight excluding hydrogens is 286 g/mol. The van der Waals surface area contributed by atoms with E-state index in [1.54, 1.807) is 4.90 Å². The van der Waals surface area contributed by atoms with Crippen LogP contribution in [-0.2, 0) is 33.7 Å². The van der Waals surface area contributed by atoms with E-state index in [0.717, 1.165) is 29.9 Å². The van der Waals surface area contributed by atoms with Gasteiger partial charge in [-0.3, -0.25) is 9.59 Å². The minimum atomic E-state index is -0.568. The third-order valence-electron chi connectivity index (χ3n) is 3.88. The normalized spacial score (nSPS) is 18.3. The molecule has 1 aromatic rings. The molecule has 2 heterocycles. The fourth-order valence-electron chi connectivity index (χ4n) is 2.63. The highest BCUT2D eigenvalue weighted by atomic mass is 16.5. The number of carbonyl (C=O) groups excluding carboxylic acids is 2. The Bertz CT molecular complexity index is 519. The third kappa shape index (κ3) is 3.47. The monoisotopic (exact) mass is 309 g/mol. The maximum atomic E-state index is 12.4. The van der Waals surface area contributed by atoms with Crippen LogP contribution in [0, 0.1) is 0 Å². The van der Waals surface area contributed by atoms with Crippen molar-refractivity contribution in [1.82, 2.24) is 15.4 Å². The first-order valence-electron chi connectivity index (χ1n) is 7.67. The molecule has 0 radical (unpaired) electrons. The fourth-order valence-corrected chi connectivity index (χ4v) is 2.63. The average Bonchev–Trinajstić information content (AvgIpc) is 2.94. The van der Waals surface area contributed by atoms with Crippen molar-refractivity contribution in [3.63, 3.8) is 0 Å². The van der Waals surface area contributed by atoms with Crippen molar-refractivity contribution >= 4 is 11.8 Å². The lowest BCUT2D eigenvalue weighted by Crippen LogP contribution is -2.55. The van der Waals surface area contributed by atoms with Gasteiger partial charge in [-0.05, 0) is 6.42 Å². The molecule has 7 heteroatoms. The van der Waals surface area contributed by atoms with Gasteiger partial charge in [0.1, 0.15) is 11.8 Å². The van der Waals surface area contributed by atoms with E-state index in [0.29, 0.717) is 19.7 Å². The number of rotatable bonds is 5. The number of aryl methyl sites for hydroxylation is 2. The number of nitrogens with zero attached hydrogens (tertiary/aromatic N) is 2. The second kappa shape index (κ2) is 7.40. The van der Waals surface area contributed by atoms with Crippen LogP contribution in [0.5, 0.6) is 0 Å². The van der Waals surface area contributed by atoms with Crippen LogP contribution in [0.1, 0.15) is 37.8 Å². The topological polar surface area (TPSA) is 84.7 Å². The third-order valence-corrected chi connectivity index (χ3v) is 3.88. The molecule has 22 heavy (non-hydrogen) atoms. The molecule has 1 fully saturated rings. The van der Waals surface area contributed by atoms with E-state index >= 15 is 0 Å². The first-order valence-corrected chi connectivity index (χ1v) is 7.67. The Hall–Kier alpha value is -1.89. The fraction of sp³-hybridized carbons (Fsp3) is 0.667. The smallest absolute Gasteiger partial charge is 0.245 e. The number of nitrogens with one attached hydrogen (secondary N) is 1. The van der Waals surface area contributed by atoms with Crippen molar-refractivity contribution < 1.29 is 18.8 Å². The second-order valence-electron chi connectivity index (χ2n) is 5.26. The van der Waals surface area contributed by atoms with Gasteiger partial charge in [-0.1, -0.05) is 19.0 Å². The van der Waals surface area contributed by atoms with E-state index in [4.69, 9.17) is 9.26 Å². The Kier molecular flexibility index (Phi) is 5.54. The summed E-state index contributed by atoms with van der Waals surface area (Å²) in [7, 11) is 0. The van der Waals surface area contributed by atoms with E-state index in [2.05, 4.69) is 10.5 Å². The SMILES string of the molecule is CCc1noc(CC)c1CNC(=O)C1COCCN1C(C)=O. The lowest BCUT2D eigenvalue weighted by Gasteiger charge is -2.33. The van der Waals surface area contributed by atoms with Crippen molar-refractivity contribution in [2.75, 3.05) is 19.8 Å². The molecule has 1 saturated heterocycles. The van der Waals surface area contributed by atoms with Gasteiger partial charge in [0.15, 0.2) is 0 Å². The minimum Gasteiger partial charge on any atom is -0.377 e. The van der Waals surface area contributed by atoms with E-state index in [1.807, 2.05) is 13.8 Å². The Morgan fingerprint density at radius 1 is 1.36 bits per heavy atom. The molecule has 2 rings (SSSR count). The van der Waals surface area contributed by atoms with Gasteiger partial charge < -0.3 is 19.5 Å². The number of carbonyl (C=O) groups is 2. The summed E-state index contributed by atoms with van der Waals surface area (Å²) in [5, 5.41) is 6.90. The first kappa shape index (κ1) is 16.5. The quantitative estimate of drug-likeness (QED) is 0.864. The van der Waals surface area contributed by atoms with E-state index < -0.39 is 6.04 Å². The first-order chi connectivity index (χ1) is 10.6. The lowest BCUT2D eigenvalue weighted by molar-refractivity contribution is -0.147. The van der Waals surface area contributed by atoms with Crippen LogP contribution in [0.15, 0.2) is 4.52 Å². The van der Waals surface area contributed by atoms with Crippen molar-refractivity contribution in [3.8, 4) is 0 Å². The summed E-state index contributed by atoms with van der Waals surface area (Å²) in [4.78, 5) is 25.5. The molecule has 7 nitrogen and oxygen atoms in total. The van der Waals surface area contributed by atoms with Crippen LogP contribution >= 0.6 is 0 Å². The van der Waals surface area contributed by atoms with Crippen molar-refractivity contribution in [1.29, 1.82) is 0 Å². The summed E-state index contributed by atoms with van der Waals surface area (Å²) in [5.41, 5.74) is 1.80. The maximum Gasteiger partial charge on any atom is 0.245 e. The molecule has 1 aliphatic rings. The lowest BCUT2D eigenvalue weighted by atomic mass is 10.1. The van der Waals surface area contributed by atoms with Crippen LogP contribution in [0.25, 0.3) is 0 Å². The predicted molar refractivity (Wildman–Crippen MR) is 79.1 cm³/mol. The maximum absolute atomic E-state index is 12.4. The molecular formula is C15H23N3O4. The van der Waals surface area contributed by atoms with Crippen molar-refractivity contribution in [3.05, 3.63) is 17.0 Å². The van der Waals surface area contributed by atoms with Gasteiger partial charge >= 0.3 is 0 Å². The summed E-state index contributed by atoms with van der Waals surface area (Å²) in [6.07, 6.45) is 1.48. The van der Waals surface area contributed by atoms with E-state index in [9.17, 15) is 9.59 Å². The zero-order valence-electron chi connectivity index (χ0n) is 13.3. The van der Waals surface area contributed by atoms with Gasteiger partial charge in [-0.15, -0.1) is 0 Å². The number of morpholine rings is 1. The van der Waals surface area contributed by atoms with Gasteiger partial charge in [0, 0.05) is 32.0 Å². The standard InChI is InChI=1S/C15H23N3O4/c1-4-12-11(14(5-2)22-17-12)8-16-15(20)13-9-21-7-6-18(13)10(3)19/h13H,4-9H2,1-3H3,(H,16,20). The summed E-state index contributed by atoms with van der Waals surface area (Å²) in [5.74, 6) is 0.470. The Morgan fingerprint density at radius 3 is 2.77 bits per heavy atom. The molecule has 1 N–H and O–H groups in total. The molecule has 0 spiro atoms. The number of amides is 2. The molecule has 1 aliphatic heterocycles. The summed E-state index contributed by atoms with van der Waals surface area (Å²) in [6.45, 7) is 6.95. The van der Waals surface area contributed by atoms with Crippen LogP contribution in [-0.4, -0.2) is 47.7 Å². The number of hydrogen-bond acceptors (Lipinski definition) is 5. The summed E-state index contributed by atoms with van der Waals surface area (Å²) in [6, 6.07) is -0.568. The van der Waals surface area contributed by atoms with Crippen molar-refractivity contribution in [2.24, 2.45) is 0 Å². The molecule has 1 unspecified atom stereocenters. The van der Waals surface area contributed by atoms with Gasteiger partial charge in [0.05, 0.1) is 18.9 Å². The summed E-state index contributed by atoms with van der Waals surface area (Å²) < 4.78 is 10.6. The number of ether oxygens (including phenoxy) is 1. The Morgan fingerprint density at radius 2 is 2.14 bits per heavy atom. The molecule has 1 aromatic heterocycles. The molecule has 0 saturated carbocycles. The zero-order chi connectivity index (χ0) is 16.1. The second-order valence-corrected chi connectivity index (χ2v) is 5.26. The van der Waals surface area contributed by atoms with Gasteiger partial charge in [-0.25, -0.2) is 0 Å². The Labute approximate surface area is 130 Å². The average molecular weight is 309 g/mol. The molecule has 1 atom stereocenters. The number of aromatic nitrogens is 1. The molecule has 0 aliphatic carbocycles. The van der Waals surface area contributed by atoms with E-state index in [-0.39, 0.29) is 18.4 Å². The molecule has 0 bridgehead atoms. The van der Waals surface area contributed by atoms with Crippen molar-refractivity contribution in [2.45, 2.75) is 46.2 Å². The molecule has 122 valence electrons. The highest BCUT2D eigenvalue weighted by Gasteiger charge is 2.31. The van der Waals surface area contributed by atoms with E-state index in [1.165, 1.54) is 6.92 Å². The van der Waals surface area contributed by atoms with Gasteiger partial charge in [0.2, 0.25) is 11.8 Å². The number of hydrogen-bond donors (Lipinski definition) is 1. The highest BCUT2D eigenvalue weighted by molar-refractivity contribution is 5.87. The van der Waals surface area contributed by atoms with Gasteiger partial charge in [0.25, 0.3) is 0 Å². The molecule has 0 aromatic carbocycles.